The molecule has 0 amide bonds. The number of nitrogens with zero attached hydrogens (tertiary/aromatic N) is 2. The van der Waals surface area contributed by atoms with Crippen LogP contribution in [0.15, 0.2) is 29.1 Å². The number of aromatic carboxylic acids is 1. The largest absolute Gasteiger partial charge is 0.497 e. The van der Waals surface area contributed by atoms with Gasteiger partial charge in [0.25, 0.3) is 5.56 Å². The summed E-state index contributed by atoms with van der Waals surface area (Å²) >= 11 is 0.913. The van der Waals surface area contributed by atoms with Crippen LogP contribution in [0.4, 0.5) is 0 Å². The molecular weight excluding hydrogens is 396 g/mol. The first-order chi connectivity index (χ1) is 13.6. The van der Waals surface area contributed by atoms with E-state index in [1.165, 1.54) is 20.8 Å². The van der Waals surface area contributed by atoms with E-state index in [4.69, 9.17) is 4.74 Å². The maximum atomic E-state index is 13.3. The number of thiophene rings is 1. The summed E-state index contributed by atoms with van der Waals surface area (Å²) in [6, 6.07) is 7.12. The SMILES string of the molecule is COc1ccc(Cc2nc3sc(C(=O)O)c(C)c3c(=O)n2C(C)(C)C(=O)O)cc1. The van der Waals surface area contributed by atoms with Crippen LogP contribution in [-0.4, -0.2) is 38.8 Å². The lowest BCUT2D eigenvalue weighted by molar-refractivity contribution is -0.146. The van der Waals surface area contributed by atoms with Crippen LogP contribution in [0.25, 0.3) is 10.2 Å². The molecule has 0 aliphatic carbocycles. The molecule has 0 bridgehead atoms. The first kappa shape index (κ1) is 20.5. The van der Waals surface area contributed by atoms with Crippen LogP contribution in [0.2, 0.25) is 0 Å². The summed E-state index contributed by atoms with van der Waals surface area (Å²) in [5.74, 6) is -1.42. The minimum Gasteiger partial charge on any atom is -0.497 e. The van der Waals surface area contributed by atoms with E-state index in [1.54, 1.807) is 31.4 Å². The number of aryl methyl sites for hydroxylation is 1. The van der Waals surface area contributed by atoms with Gasteiger partial charge in [-0.25, -0.2) is 14.6 Å². The molecule has 2 heterocycles. The van der Waals surface area contributed by atoms with Gasteiger partial charge in [-0.05, 0) is 44.0 Å². The molecule has 0 radical (unpaired) electrons. The van der Waals surface area contributed by atoms with E-state index in [2.05, 4.69) is 4.98 Å². The van der Waals surface area contributed by atoms with E-state index in [-0.39, 0.29) is 27.3 Å². The number of aliphatic carboxylic acids is 1. The molecule has 1 aromatic carbocycles. The van der Waals surface area contributed by atoms with Crippen molar-refractivity contribution in [2.24, 2.45) is 0 Å². The van der Waals surface area contributed by atoms with Gasteiger partial charge in [0.1, 0.15) is 26.8 Å². The predicted molar refractivity (Wildman–Crippen MR) is 108 cm³/mol. The molecule has 152 valence electrons. The van der Waals surface area contributed by atoms with E-state index in [0.717, 1.165) is 21.5 Å². The lowest BCUT2D eigenvalue weighted by Gasteiger charge is -2.25. The molecule has 8 nitrogen and oxygen atoms in total. The summed E-state index contributed by atoms with van der Waals surface area (Å²) in [6.45, 7) is 4.37. The maximum Gasteiger partial charge on any atom is 0.346 e. The number of fused-ring (bicyclic) bond motifs is 1. The molecule has 0 aliphatic heterocycles. The second-order valence-corrected chi connectivity index (χ2v) is 8.10. The Hall–Kier alpha value is -3.20. The molecule has 0 atom stereocenters. The van der Waals surface area contributed by atoms with Crippen LogP contribution in [-0.2, 0) is 16.8 Å². The Morgan fingerprint density at radius 2 is 1.83 bits per heavy atom. The Balaban J connectivity index is 2.29. The van der Waals surface area contributed by atoms with Crippen molar-refractivity contribution in [3.63, 3.8) is 0 Å². The monoisotopic (exact) mass is 416 g/mol. The smallest absolute Gasteiger partial charge is 0.346 e. The zero-order valence-electron chi connectivity index (χ0n) is 16.3. The van der Waals surface area contributed by atoms with Gasteiger partial charge in [-0.15, -0.1) is 11.3 Å². The predicted octanol–water partition coefficient (Wildman–Crippen LogP) is 2.88. The molecule has 0 saturated heterocycles. The summed E-state index contributed by atoms with van der Waals surface area (Å²) in [6.07, 6.45) is 0.200. The third-order valence-corrected chi connectivity index (χ3v) is 6.01. The number of aromatic nitrogens is 2. The molecule has 2 N–H and O–H groups in total. The number of ether oxygens (including phenoxy) is 1. The lowest BCUT2D eigenvalue weighted by Crippen LogP contribution is -2.45. The van der Waals surface area contributed by atoms with Crippen molar-refractivity contribution in [3.05, 3.63) is 56.4 Å². The molecule has 0 aliphatic rings. The molecular formula is C20H20N2O6S. The quantitative estimate of drug-likeness (QED) is 0.634. The topological polar surface area (TPSA) is 119 Å². The van der Waals surface area contributed by atoms with E-state index in [0.29, 0.717) is 11.3 Å². The van der Waals surface area contributed by atoms with E-state index in [9.17, 15) is 24.6 Å². The highest BCUT2D eigenvalue weighted by molar-refractivity contribution is 7.20. The summed E-state index contributed by atoms with van der Waals surface area (Å²) in [5, 5.41) is 19.3. The highest BCUT2D eigenvalue weighted by Crippen LogP contribution is 2.29. The first-order valence-corrected chi connectivity index (χ1v) is 9.54. The average molecular weight is 416 g/mol. The van der Waals surface area contributed by atoms with Crippen LogP contribution < -0.4 is 10.3 Å². The van der Waals surface area contributed by atoms with E-state index in [1.807, 2.05) is 0 Å². The zero-order valence-corrected chi connectivity index (χ0v) is 17.2. The fraction of sp³-hybridized carbons (Fsp3) is 0.300. The highest BCUT2D eigenvalue weighted by atomic mass is 32.1. The molecule has 0 fully saturated rings. The molecule has 0 unspecified atom stereocenters. The highest BCUT2D eigenvalue weighted by Gasteiger charge is 2.34. The van der Waals surface area contributed by atoms with Crippen molar-refractivity contribution in [1.82, 2.24) is 9.55 Å². The van der Waals surface area contributed by atoms with Crippen molar-refractivity contribution in [2.45, 2.75) is 32.7 Å². The second kappa shape index (κ2) is 7.32. The molecule has 9 heteroatoms. The second-order valence-electron chi connectivity index (χ2n) is 7.10. The van der Waals surface area contributed by atoms with E-state index < -0.39 is 23.0 Å². The van der Waals surface area contributed by atoms with Gasteiger partial charge in [0, 0.05) is 6.42 Å². The Labute approximate surface area is 170 Å². The summed E-state index contributed by atoms with van der Waals surface area (Å²) < 4.78 is 6.29. The summed E-state index contributed by atoms with van der Waals surface area (Å²) in [5.41, 5.74) is -1.04. The number of carboxylic acids is 2. The van der Waals surface area contributed by atoms with Gasteiger partial charge >= 0.3 is 11.9 Å². The van der Waals surface area contributed by atoms with Crippen molar-refractivity contribution >= 4 is 33.5 Å². The number of benzene rings is 1. The zero-order chi connectivity index (χ0) is 21.5. The number of carboxylic acid groups (broad SMARTS) is 2. The summed E-state index contributed by atoms with van der Waals surface area (Å²) in [7, 11) is 1.55. The van der Waals surface area contributed by atoms with Gasteiger partial charge < -0.3 is 14.9 Å². The molecule has 29 heavy (non-hydrogen) atoms. The van der Waals surface area contributed by atoms with Crippen LogP contribution in [0.5, 0.6) is 5.75 Å². The van der Waals surface area contributed by atoms with Gasteiger partial charge in [-0.2, -0.15) is 0 Å². The van der Waals surface area contributed by atoms with Gasteiger partial charge in [-0.3, -0.25) is 9.36 Å². The maximum absolute atomic E-state index is 13.3. The van der Waals surface area contributed by atoms with Gasteiger partial charge in [0.05, 0.1) is 12.5 Å². The van der Waals surface area contributed by atoms with Crippen LogP contribution in [0.3, 0.4) is 0 Å². The minimum atomic E-state index is -1.57. The number of rotatable bonds is 6. The molecule has 3 rings (SSSR count). The Morgan fingerprint density at radius 1 is 1.21 bits per heavy atom. The number of methoxy groups -OCH3 is 1. The molecule has 0 saturated carbocycles. The molecule has 0 spiro atoms. The van der Waals surface area contributed by atoms with Crippen molar-refractivity contribution in [2.75, 3.05) is 7.11 Å². The lowest BCUT2D eigenvalue weighted by atomic mass is 10.0. The number of hydrogen-bond acceptors (Lipinski definition) is 6. The Kier molecular flexibility index (Phi) is 5.18. The third kappa shape index (κ3) is 3.49. The van der Waals surface area contributed by atoms with Gasteiger partial charge in [-0.1, -0.05) is 12.1 Å². The average Bonchev–Trinajstić information content (AvgIpc) is 2.99. The number of hydrogen-bond donors (Lipinski definition) is 2. The van der Waals surface area contributed by atoms with Crippen molar-refractivity contribution in [3.8, 4) is 5.75 Å². The van der Waals surface area contributed by atoms with Crippen LogP contribution in [0, 0.1) is 6.92 Å². The fourth-order valence-electron chi connectivity index (χ4n) is 3.15. The fourth-order valence-corrected chi connectivity index (χ4v) is 4.18. The third-order valence-electron chi connectivity index (χ3n) is 4.83. The number of carbonyl (C=O) groups is 2. The molecule has 3 aromatic rings. The van der Waals surface area contributed by atoms with Crippen molar-refractivity contribution in [1.29, 1.82) is 0 Å². The normalized spacial score (nSPS) is 11.6. The summed E-state index contributed by atoms with van der Waals surface area (Å²) in [4.78, 5) is 41.5. The van der Waals surface area contributed by atoms with Gasteiger partial charge in [0.2, 0.25) is 0 Å². The Bertz CT molecular complexity index is 1170. The standard InChI is InChI=1S/C20H20N2O6S/c1-10-14-16(29-15(10)18(24)25)21-13(9-11-5-7-12(28-4)8-6-11)22(17(14)23)20(2,3)19(26)27/h5-8H,9H2,1-4H3,(H,24,25)(H,26,27). The van der Waals surface area contributed by atoms with Crippen LogP contribution in [0.1, 0.15) is 40.5 Å². The van der Waals surface area contributed by atoms with Crippen molar-refractivity contribution < 1.29 is 24.5 Å². The molecule has 2 aromatic heterocycles. The Morgan fingerprint density at radius 3 is 2.34 bits per heavy atom. The minimum absolute atomic E-state index is 0.0193. The van der Waals surface area contributed by atoms with Gasteiger partial charge in [0.15, 0.2) is 0 Å². The van der Waals surface area contributed by atoms with Crippen LogP contribution >= 0.6 is 11.3 Å². The van der Waals surface area contributed by atoms with E-state index >= 15 is 0 Å². The first-order valence-electron chi connectivity index (χ1n) is 8.73.